The third-order valence-corrected chi connectivity index (χ3v) is 5.81. The molecule has 19 heavy (non-hydrogen) atoms. The van der Waals surface area contributed by atoms with E-state index in [0.717, 1.165) is 40.8 Å². The summed E-state index contributed by atoms with van der Waals surface area (Å²) in [6, 6.07) is 4.00. The fourth-order valence-corrected chi connectivity index (χ4v) is 4.60. The summed E-state index contributed by atoms with van der Waals surface area (Å²) in [5.41, 5.74) is 6.20. The van der Waals surface area contributed by atoms with Crippen molar-refractivity contribution in [2.75, 3.05) is 0 Å². The Morgan fingerprint density at radius 2 is 2.11 bits per heavy atom. The van der Waals surface area contributed by atoms with Crippen LogP contribution in [0.1, 0.15) is 55.9 Å². The van der Waals surface area contributed by atoms with E-state index >= 15 is 0 Å². The number of thiophene rings is 1. The first-order valence-corrected chi connectivity index (χ1v) is 8.34. The molecule has 0 bridgehead atoms. The van der Waals surface area contributed by atoms with Crippen molar-refractivity contribution >= 4 is 33.2 Å². The van der Waals surface area contributed by atoms with Gasteiger partial charge in [-0.3, -0.25) is 4.79 Å². The number of hydrogen-bond acceptors (Lipinski definition) is 3. The van der Waals surface area contributed by atoms with Gasteiger partial charge in [0.1, 0.15) is 0 Å². The van der Waals surface area contributed by atoms with E-state index in [1.54, 1.807) is 11.3 Å². The van der Waals surface area contributed by atoms with Crippen LogP contribution in [0.15, 0.2) is 15.9 Å². The maximum atomic E-state index is 11.1. The van der Waals surface area contributed by atoms with Crippen LogP contribution in [0.2, 0.25) is 0 Å². The molecule has 1 aromatic heterocycles. The molecule has 1 saturated carbocycles. The maximum Gasteiger partial charge on any atom is 0.303 e. The van der Waals surface area contributed by atoms with Crippen LogP contribution in [0.3, 0.4) is 0 Å². The maximum absolute atomic E-state index is 11.1. The molecule has 0 aliphatic heterocycles. The normalized spacial score (nSPS) is 20.1. The Morgan fingerprint density at radius 3 is 2.63 bits per heavy atom. The first-order chi connectivity index (χ1) is 9.01. The Morgan fingerprint density at radius 1 is 1.42 bits per heavy atom. The van der Waals surface area contributed by atoms with Crippen LogP contribution in [0.25, 0.3) is 0 Å². The van der Waals surface area contributed by atoms with Gasteiger partial charge in [0, 0.05) is 10.9 Å². The van der Waals surface area contributed by atoms with Gasteiger partial charge in [0.15, 0.2) is 0 Å². The number of rotatable bonds is 5. The number of carboxylic acids is 1. The van der Waals surface area contributed by atoms with Crippen LogP contribution in [-0.4, -0.2) is 11.1 Å². The second-order valence-electron chi connectivity index (χ2n) is 5.58. The van der Waals surface area contributed by atoms with E-state index in [0.29, 0.717) is 0 Å². The molecule has 1 fully saturated rings. The molecule has 0 radical (unpaired) electrons. The van der Waals surface area contributed by atoms with Crippen LogP contribution in [0, 0.1) is 5.41 Å². The van der Waals surface area contributed by atoms with Crippen LogP contribution >= 0.6 is 27.3 Å². The molecule has 0 amide bonds. The first kappa shape index (κ1) is 15.0. The lowest BCUT2D eigenvalue weighted by molar-refractivity contribution is -0.140. The highest BCUT2D eigenvalue weighted by molar-refractivity contribution is 9.11. The lowest BCUT2D eigenvalue weighted by atomic mass is 9.68. The molecule has 3 N–H and O–H groups in total. The predicted molar refractivity (Wildman–Crippen MR) is 81.3 cm³/mol. The first-order valence-electron chi connectivity index (χ1n) is 6.73. The van der Waals surface area contributed by atoms with Gasteiger partial charge in [0.25, 0.3) is 0 Å². The minimum atomic E-state index is -0.693. The van der Waals surface area contributed by atoms with Crippen molar-refractivity contribution in [1.29, 1.82) is 0 Å². The summed E-state index contributed by atoms with van der Waals surface area (Å²) in [5.74, 6) is -0.693. The van der Waals surface area contributed by atoms with Crippen molar-refractivity contribution in [3.8, 4) is 0 Å². The van der Waals surface area contributed by atoms with E-state index in [1.807, 2.05) is 12.1 Å². The Labute approximate surface area is 126 Å². The van der Waals surface area contributed by atoms with Gasteiger partial charge in [-0.25, -0.2) is 0 Å². The predicted octanol–water partition coefficient (Wildman–Crippen LogP) is 4.33. The van der Waals surface area contributed by atoms with Crippen molar-refractivity contribution in [2.45, 2.75) is 51.0 Å². The van der Waals surface area contributed by atoms with Gasteiger partial charge in [0.2, 0.25) is 0 Å². The average Bonchev–Trinajstić information content (AvgIpc) is 2.76. The lowest BCUT2D eigenvalue weighted by Gasteiger charge is -2.38. The Bertz CT molecular complexity index is 440. The summed E-state index contributed by atoms with van der Waals surface area (Å²) >= 11 is 5.09. The molecule has 1 unspecified atom stereocenters. The van der Waals surface area contributed by atoms with Crippen molar-refractivity contribution < 1.29 is 9.90 Å². The Kier molecular flexibility index (Phi) is 5.03. The highest BCUT2D eigenvalue weighted by Crippen LogP contribution is 2.46. The second kappa shape index (κ2) is 6.37. The average molecular weight is 346 g/mol. The highest BCUT2D eigenvalue weighted by Gasteiger charge is 2.36. The summed E-state index contributed by atoms with van der Waals surface area (Å²) in [7, 11) is 0. The molecule has 0 saturated heterocycles. The van der Waals surface area contributed by atoms with E-state index in [1.165, 1.54) is 6.42 Å². The number of halogens is 1. The minimum absolute atomic E-state index is 0.0475. The standard InChI is InChI=1S/C14H20BrNO2S/c15-12-5-4-11(19-12)10(16)8-14(9-13(17)18)6-2-1-3-7-14/h4-5,10H,1-3,6-9,16H2,(H,17,18). The van der Waals surface area contributed by atoms with E-state index in [4.69, 9.17) is 5.73 Å². The van der Waals surface area contributed by atoms with Gasteiger partial charge in [-0.05, 0) is 52.7 Å². The molecule has 0 spiro atoms. The largest absolute Gasteiger partial charge is 0.481 e. The van der Waals surface area contributed by atoms with E-state index in [9.17, 15) is 9.90 Å². The SMILES string of the molecule is NC(CC1(CC(=O)O)CCCCC1)c1ccc(Br)s1. The topological polar surface area (TPSA) is 63.3 Å². The Hall–Kier alpha value is -0.390. The van der Waals surface area contributed by atoms with Gasteiger partial charge in [-0.15, -0.1) is 11.3 Å². The number of nitrogens with two attached hydrogens (primary N) is 1. The number of hydrogen-bond donors (Lipinski definition) is 2. The second-order valence-corrected chi connectivity index (χ2v) is 8.08. The van der Waals surface area contributed by atoms with Crippen molar-refractivity contribution in [3.63, 3.8) is 0 Å². The number of carboxylic acid groups (broad SMARTS) is 1. The molecule has 2 rings (SSSR count). The summed E-state index contributed by atoms with van der Waals surface area (Å²) in [6.07, 6.45) is 6.53. The van der Waals surface area contributed by atoms with Crippen LogP contribution in [-0.2, 0) is 4.79 Å². The van der Waals surface area contributed by atoms with Crippen molar-refractivity contribution in [1.82, 2.24) is 0 Å². The highest BCUT2D eigenvalue weighted by atomic mass is 79.9. The molecule has 106 valence electrons. The van der Waals surface area contributed by atoms with Gasteiger partial charge >= 0.3 is 5.97 Å². The molecule has 1 atom stereocenters. The molecule has 5 heteroatoms. The molecular weight excluding hydrogens is 326 g/mol. The van der Waals surface area contributed by atoms with Gasteiger partial charge < -0.3 is 10.8 Å². The van der Waals surface area contributed by atoms with Gasteiger partial charge in [-0.1, -0.05) is 19.3 Å². The molecule has 0 aromatic carbocycles. The molecule has 1 aliphatic carbocycles. The van der Waals surface area contributed by atoms with E-state index in [2.05, 4.69) is 15.9 Å². The van der Waals surface area contributed by atoms with Crippen molar-refractivity contribution in [3.05, 3.63) is 20.8 Å². The monoisotopic (exact) mass is 345 g/mol. The Balaban J connectivity index is 2.08. The quantitative estimate of drug-likeness (QED) is 0.834. The van der Waals surface area contributed by atoms with Crippen molar-refractivity contribution in [2.24, 2.45) is 11.1 Å². The molecule has 3 nitrogen and oxygen atoms in total. The summed E-state index contributed by atoms with van der Waals surface area (Å²) in [4.78, 5) is 12.3. The molecule has 1 aromatic rings. The van der Waals surface area contributed by atoms with Gasteiger partial charge in [-0.2, -0.15) is 0 Å². The van der Waals surface area contributed by atoms with Crippen LogP contribution < -0.4 is 5.73 Å². The zero-order chi connectivity index (χ0) is 13.9. The molecule has 1 heterocycles. The zero-order valence-electron chi connectivity index (χ0n) is 10.9. The molecule has 1 aliphatic rings. The van der Waals surface area contributed by atoms with Gasteiger partial charge in [0.05, 0.1) is 10.2 Å². The fourth-order valence-electron chi connectivity index (χ4n) is 3.17. The number of carbonyl (C=O) groups is 1. The third-order valence-electron chi connectivity index (χ3n) is 4.05. The van der Waals surface area contributed by atoms with E-state index in [-0.39, 0.29) is 17.9 Å². The zero-order valence-corrected chi connectivity index (χ0v) is 13.3. The smallest absolute Gasteiger partial charge is 0.303 e. The van der Waals surface area contributed by atoms with Crippen LogP contribution in [0.5, 0.6) is 0 Å². The molecular formula is C14H20BrNO2S. The number of aliphatic carboxylic acids is 1. The fraction of sp³-hybridized carbons (Fsp3) is 0.643. The summed E-state index contributed by atoms with van der Waals surface area (Å²) in [6.45, 7) is 0. The van der Waals surface area contributed by atoms with Crippen LogP contribution in [0.4, 0.5) is 0 Å². The summed E-state index contributed by atoms with van der Waals surface area (Å²) < 4.78 is 1.08. The summed E-state index contributed by atoms with van der Waals surface area (Å²) in [5, 5.41) is 9.17. The van der Waals surface area contributed by atoms with E-state index < -0.39 is 5.97 Å². The minimum Gasteiger partial charge on any atom is -0.481 e. The third kappa shape index (κ3) is 4.04. The lowest BCUT2D eigenvalue weighted by Crippen LogP contribution is -2.31.